The first kappa shape index (κ1) is 11.0. The molecule has 0 aromatic carbocycles. The third-order valence-corrected chi connectivity index (χ3v) is 5.58. The topological polar surface area (TPSA) is 6.48 Å². The third-order valence-electron chi connectivity index (χ3n) is 5.58. The Labute approximate surface area is 100.0 Å². The monoisotopic (exact) mass is 222 g/mol. The molecular formula is C14H26N2. The molecule has 0 aromatic heterocycles. The molecule has 2 heterocycles. The molecule has 2 aliphatic heterocycles. The van der Waals surface area contributed by atoms with Crippen LogP contribution in [0.25, 0.3) is 0 Å². The van der Waals surface area contributed by atoms with Gasteiger partial charge in [-0.2, -0.15) is 0 Å². The Morgan fingerprint density at radius 1 is 1.00 bits per heavy atom. The van der Waals surface area contributed by atoms with Crippen LogP contribution in [0, 0.1) is 5.41 Å². The second-order valence-electron chi connectivity index (χ2n) is 6.63. The molecule has 1 spiro atoms. The fraction of sp³-hybridized carbons (Fsp3) is 1.00. The number of rotatable bonds is 1. The summed E-state index contributed by atoms with van der Waals surface area (Å²) in [4.78, 5) is 5.40. The average molecular weight is 222 g/mol. The van der Waals surface area contributed by atoms with Crippen LogP contribution in [0.3, 0.4) is 0 Å². The van der Waals surface area contributed by atoms with Gasteiger partial charge in [0.15, 0.2) is 0 Å². The molecule has 2 saturated heterocycles. The minimum Gasteiger partial charge on any atom is -0.306 e. The van der Waals surface area contributed by atoms with E-state index in [-0.39, 0.29) is 0 Å². The van der Waals surface area contributed by atoms with Crippen molar-refractivity contribution >= 4 is 0 Å². The van der Waals surface area contributed by atoms with Gasteiger partial charge < -0.3 is 4.90 Å². The lowest BCUT2D eigenvalue weighted by atomic mass is 9.62. The molecule has 2 nitrogen and oxygen atoms in total. The van der Waals surface area contributed by atoms with Gasteiger partial charge in [0, 0.05) is 24.7 Å². The molecule has 3 aliphatic rings. The molecule has 4 unspecified atom stereocenters. The van der Waals surface area contributed by atoms with Crippen molar-refractivity contribution in [1.82, 2.24) is 9.80 Å². The zero-order valence-corrected chi connectivity index (χ0v) is 11.1. The predicted octanol–water partition coefficient (Wildman–Crippen LogP) is 2.34. The lowest BCUT2D eigenvalue weighted by Crippen LogP contribution is -2.58. The van der Waals surface area contributed by atoms with Gasteiger partial charge in [0.2, 0.25) is 0 Å². The Hall–Kier alpha value is -0.0800. The summed E-state index contributed by atoms with van der Waals surface area (Å²) >= 11 is 0. The quantitative estimate of drug-likeness (QED) is 0.672. The van der Waals surface area contributed by atoms with E-state index in [1.54, 1.807) is 0 Å². The average Bonchev–Trinajstić information content (AvgIpc) is 2.76. The fourth-order valence-electron chi connectivity index (χ4n) is 4.56. The Bertz CT molecular complexity index is 268. The summed E-state index contributed by atoms with van der Waals surface area (Å²) in [5.74, 6) is 0. The van der Waals surface area contributed by atoms with E-state index in [0.717, 1.165) is 18.1 Å². The van der Waals surface area contributed by atoms with Crippen molar-refractivity contribution in [2.75, 3.05) is 20.1 Å². The fourth-order valence-corrected chi connectivity index (χ4v) is 4.56. The second kappa shape index (κ2) is 3.71. The van der Waals surface area contributed by atoms with E-state index in [2.05, 4.69) is 30.7 Å². The number of nitrogens with zero attached hydrogens (tertiary/aromatic N) is 2. The maximum absolute atomic E-state index is 2.86. The maximum Gasteiger partial charge on any atom is 0.0170 e. The van der Waals surface area contributed by atoms with E-state index in [4.69, 9.17) is 0 Å². The van der Waals surface area contributed by atoms with Crippen LogP contribution in [-0.4, -0.2) is 48.1 Å². The molecule has 0 amide bonds. The van der Waals surface area contributed by atoms with Crippen LogP contribution >= 0.6 is 0 Å². The van der Waals surface area contributed by atoms with Gasteiger partial charge in [-0.05, 0) is 65.0 Å². The van der Waals surface area contributed by atoms with E-state index in [9.17, 15) is 0 Å². The summed E-state index contributed by atoms with van der Waals surface area (Å²) in [5.41, 5.74) is 0.682. The first-order chi connectivity index (χ1) is 7.62. The SMILES string of the molecule is CC1CCC(C)N1C1CCC12CCN(C)C2. The van der Waals surface area contributed by atoms with E-state index >= 15 is 0 Å². The summed E-state index contributed by atoms with van der Waals surface area (Å²) in [6, 6.07) is 2.58. The normalized spacial score (nSPS) is 50.1. The lowest BCUT2D eigenvalue weighted by Gasteiger charge is -2.54. The number of hydrogen-bond donors (Lipinski definition) is 0. The highest BCUT2D eigenvalue weighted by atomic mass is 15.3. The molecule has 2 heteroatoms. The molecule has 1 aliphatic carbocycles. The first-order valence-electron chi connectivity index (χ1n) is 7.08. The minimum absolute atomic E-state index is 0.682. The van der Waals surface area contributed by atoms with Crippen LogP contribution in [0.15, 0.2) is 0 Å². The molecule has 0 aromatic rings. The van der Waals surface area contributed by atoms with Gasteiger partial charge in [-0.15, -0.1) is 0 Å². The Morgan fingerprint density at radius 2 is 1.69 bits per heavy atom. The van der Waals surface area contributed by atoms with E-state index in [0.29, 0.717) is 5.41 Å². The Kier molecular flexibility index (Phi) is 2.56. The van der Waals surface area contributed by atoms with Gasteiger partial charge in [0.05, 0.1) is 0 Å². The molecule has 92 valence electrons. The molecule has 3 fully saturated rings. The summed E-state index contributed by atoms with van der Waals surface area (Å²) in [5, 5.41) is 0. The Balaban J connectivity index is 1.76. The van der Waals surface area contributed by atoms with Gasteiger partial charge in [-0.3, -0.25) is 4.90 Å². The summed E-state index contributed by atoms with van der Waals surface area (Å²) in [7, 11) is 2.29. The van der Waals surface area contributed by atoms with Gasteiger partial charge in [0.1, 0.15) is 0 Å². The van der Waals surface area contributed by atoms with Crippen LogP contribution in [-0.2, 0) is 0 Å². The van der Waals surface area contributed by atoms with Crippen molar-refractivity contribution in [3.8, 4) is 0 Å². The van der Waals surface area contributed by atoms with Crippen LogP contribution in [0.4, 0.5) is 0 Å². The third kappa shape index (κ3) is 1.46. The van der Waals surface area contributed by atoms with Crippen molar-refractivity contribution in [2.24, 2.45) is 5.41 Å². The summed E-state index contributed by atoms with van der Waals surface area (Å²) in [6.07, 6.45) is 7.23. The highest BCUT2D eigenvalue weighted by molar-refractivity contribution is 5.08. The van der Waals surface area contributed by atoms with Crippen molar-refractivity contribution in [1.29, 1.82) is 0 Å². The molecule has 4 atom stereocenters. The van der Waals surface area contributed by atoms with Gasteiger partial charge in [0.25, 0.3) is 0 Å². The van der Waals surface area contributed by atoms with E-state index < -0.39 is 0 Å². The van der Waals surface area contributed by atoms with E-state index in [1.165, 1.54) is 45.2 Å². The van der Waals surface area contributed by atoms with Crippen molar-refractivity contribution in [3.63, 3.8) is 0 Å². The zero-order valence-electron chi connectivity index (χ0n) is 11.1. The van der Waals surface area contributed by atoms with Crippen LogP contribution < -0.4 is 0 Å². The molecule has 0 bridgehead atoms. The number of likely N-dealkylation sites (tertiary alicyclic amines) is 2. The highest BCUT2D eigenvalue weighted by Crippen LogP contribution is 2.52. The largest absolute Gasteiger partial charge is 0.306 e. The van der Waals surface area contributed by atoms with Crippen molar-refractivity contribution < 1.29 is 0 Å². The Morgan fingerprint density at radius 3 is 2.12 bits per heavy atom. The minimum atomic E-state index is 0.682. The molecule has 3 rings (SSSR count). The van der Waals surface area contributed by atoms with Crippen LogP contribution in [0.1, 0.15) is 46.0 Å². The number of hydrogen-bond acceptors (Lipinski definition) is 2. The van der Waals surface area contributed by atoms with E-state index in [1.807, 2.05) is 0 Å². The van der Waals surface area contributed by atoms with Crippen molar-refractivity contribution in [3.05, 3.63) is 0 Å². The smallest absolute Gasteiger partial charge is 0.0170 e. The predicted molar refractivity (Wildman–Crippen MR) is 67.6 cm³/mol. The second-order valence-corrected chi connectivity index (χ2v) is 6.63. The standard InChI is InChI=1S/C14H26N2/c1-11-4-5-12(2)16(11)13-6-7-14(13)8-9-15(3)10-14/h11-13H,4-10H2,1-3H3. The molecule has 16 heavy (non-hydrogen) atoms. The molecule has 1 saturated carbocycles. The maximum atomic E-state index is 2.86. The van der Waals surface area contributed by atoms with Crippen LogP contribution in [0.2, 0.25) is 0 Å². The molecular weight excluding hydrogens is 196 g/mol. The molecule has 0 radical (unpaired) electrons. The van der Waals surface area contributed by atoms with Crippen LogP contribution in [0.5, 0.6) is 0 Å². The van der Waals surface area contributed by atoms with Crippen molar-refractivity contribution in [2.45, 2.75) is 64.1 Å². The summed E-state index contributed by atoms with van der Waals surface area (Å²) < 4.78 is 0. The molecule has 0 N–H and O–H groups in total. The highest BCUT2D eigenvalue weighted by Gasteiger charge is 2.54. The lowest BCUT2D eigenvalue weighted by molar-refractivity contribution is -0.0388. The van der Waals surface area contributed by atoms with Gasteiger partial charge in [-0.25, -0.2) is 0 Å². The zero-order chi connectivity index (χ0) is 11.3. The first-order valence-corrected chi connectivity index (χ1v) is 7.08. The van der Waals surface area contributed by atoms with Gasteiger partial charge >= 0.3 is 0 Å². The van der Waals surface area contributed by atoms with Gasteiger partial charge in [-0.1, -0.05) is 0 Å². The summed E-state index contributed by atoms with van der Waals surface area (Å²) in [6.45, 7) is 7.56.